The zero-order chi connectivity index (χ0) is 13.8. The van der Waals surface area contributed by atoms with E-state index in [1.807, 2.05) is 24.3 Å². The standard InChI is InChI=1S/C15H14N4O/c20-15(17-8-6-11-3-2-7-16-9-11)12-4-1-5-13-14(12)19-10-18-13/h1-5,7,9-10H,6,8H2,(H,17,20)(H,18,19). The second kappa shape index (κ2) is 5.52. The number of carbonyl (C=O) groups is 1. The molecule has 0 fully saturated rings. The van der Waals surface area contributed by atoms with Crippen LogP contribution in [0.25, 0.3) is 11.0 Å². The lowest BCUT2D eigenvalue weighted by atomic mass is 10.1. The Morgan fingerprint density at radius 1 is 1.25 bits per heavy atom. The van der Waals surface area contributed by atoms with E-state index in [0.717, 1.165) is 17.5 Å². The largest absolute Gasteiger partial charge is 0.352 e. The number of aromatic nitrogens is 3. The number of carbonyl (C=O) groups excluding carboxylic acids is 1. The molecular weight excluding hydrogens is 252 g/mol. The summed E-state index contributed by atoms with van der Waals surface area (Å²) in [6.07, 6.45) is 5.90. The summed E-state index contributed by atoms with van der Waals surface area (Å²) in [5, 5.41) is 2.91. The van der Waals surface area contributed by atoms with Gasteiger partial charge in [0.15, 0.2) is 0 Å². The van der Waals surface area contributed by atoms with Crippen molar-refractivity contribution in [1.29, 1.82) is 0 Å². The molecule has 0 unspecified atom stereocenters. The average Bonchev–Trinajstić information content (AvgIpc) is 2.96. The lowest BCUT2D eigenvalue weighted by Crippen LogP contribution is -2.25. The normalized spacial score (nSPS) is 10.6. The molecule has 5 nitrogen and oxygen atoms in total. The van der Waals surface area contributed by atoms with Crippen LogP contribution < -0.4 is 5.32 Å². The summed E-state index contributed by atoms with van der Waals surface area (Å²) in [4.78, 5) is 23.4. The predicted molar refractivity (Wildman–Crippen MR) is 76.4 cm³/mol. The summed E-state index contributed by atoms with van der Waals surface area (Å²) in [6.45, 7) is 0.575. The third-order valence-corrected chi connectivity index (χ3v) is 3.12. The molecule has 0 radical (unpaired) electrons. The van der Waals surface area contributed by atoms with Crippen molar-refractivity contribution in [3.05, 3.63) is 60.2 Å². The third-order valence-electron chi connectivity index (χ3n) is 3.12. The van der Waals surface area contributed by atoms with Crippen molar-refractivity contribution in [2.75, 3.05) is 6.54 Å². The van der Waals surface area contributed by atoms with Crippen LogP contribution in [-0.2, 0) is 6.42 Å². The number of aromatic amines is 1. The van der Waals surface area contributed by atoms with E-state index >= 15 is 0 Å². The molecule has 2 N–H and O–H groups in total. The summed E-state index contributed by atoms with van der Waals surface area (Å²) < 4.78 is 0. The molecule has 1 aromatic carbocycles. The second-order valence-electron chi connectivity index (χ2n) is 4.47. The van der Waals surface area contributed by atoms with Gasteiger partial charge in [0.1, 0.15) is 5.52 Å². The monoisotopic (exact) mass is 266 g/mol. The van der Waals surface area contributed by atoms with Gasteiger partial charge in [0.25, 0.3) is 5.91 Å². The van der Waals surface area contributed by atoms with Crippen molar-refractivity contribution in [2.24, 2.45) is 0 Å². The van der Waals surface area contributed by atoms with Crippen molar-refractivity contribution in [2.45, 2.75) is 6.42 Å². The summed E-state index contributed by atoms with van der Waals surface area (Å²) in [5.74, 6) is -0.105. The van der Waals surface area contributed by atoms with E-state index < -0.39 is 0 Å². The van der Waals surface area contributed by atoms with E-state index in [4.69, 9.17) is 0 Å². The SMILES string of the molecule is O=C(NCCc1cccnc1)c1cccc2[nH]cnc12. The number of para-hydroxylation sites is 1. The van der Waals surface area contributed by atoms with Gasteiger partial charge in [-0.15, -0.1) is 0 Å². The van der Waals surface area contributed by atoms with E-state index in [2.05, 4.69) is 20.3 Å². The Morgan fingerprint density at radius 3 is 3.05 bits per heavy atom. The van der Waals surface area contributed by atoms with Gasteiger partial charge in [0.2, 0.25) is 0 Å². The zero-order valence-corrected chi connectivity index (χ0v) is 10.8. The Kier molecular flexibility index (Phi) is 3.41. The van der Waals surface area contributed by atoms with Crippen molar-refractivity contribution >= 4 is 16.9 Å². The highest BCUT2D eigenvalue weighted by Crippen LogP contribution is 2.14. The maximum absolute atomic E-state index is 12.2. The van der Waals surface area contributed by atoms with Crippen LogP contribution in [0.3, 0.4) is 0 Å². The number of imidazole rings is 1. The van der Waals surface area contributed by atoms with Gasteiger partial charge in [-0.2, -0.15) is 0 Å². The molecule has 0 aliphatic heterocycles. The predicted octanol–water partition coefficient (Wildman–Crippen LogP) is 1.93. The smallest absolute Gasteiger partial charge is 0.253 e. The van der Waals surface area contributed by atoms with Crippen molar-refractivity contribution < 1.29 is 4.79 Å². The number of nitrogens with one attached hydrogen (secondary N) is 2. The summed E-state index contributed by atoms with van der Waals surface area (Å²) >= 11 is 0. The van der Waals surface area contributed by atoms with Crippen molar-refractivity contribution in [3.63, 3.8) is 0 Å². The van der Waals surface area contributed by atoms with E-state index in [9.17, 15) is 4.79 Å². The molecular formula is C15H14N4O. The lowest BCUT2D eigenvalue weighted by Gasteiger charge is -2.05. The Labute approximate surface area is 116 Å². The molecule has 0 saturated heterocycles. The first-order valence-electron chi connectivity index (χ1n) is 6.44. The van der Waals surface area contributed by atoms with E-state index in [1.54, 1.807) is 24.8 Å². The van der Waals surface area contributed by atoms with Crippen LogP contribution in [0, 0.1) is 0 Å². The fourth-order valence-electron chi connectivity index (χ4n) is 2.11. The highest BCUT2D eigenvalue weighted by atomic mass is 16.1. The first-order chi connectivity index (χ1) is 9.84. The first-order valence-corrected chi connectivity index (χ1v) is 6.44. The fourth-order valence-corrected chi connectivity index (χ4v) is 2.11. The minimum atomic E-state index is -0.105. The molecule has 0 aliphatic rings. The zero-order valence-electron chi connectivity index (χ0n) is 10.8. The minimum absolute atomic E-state index is 0.105. The molecule has 1 amide bonds. The molecule has 0 spiro atoms. The summed E-state index contributed by atoms with van der Waals surface area (Å²) in [5.41, 5.74) is 3.26. The number of benzene rings is 1. The quantitative estimate of drug-likeness (QED) is 0.758. The number of fused-ring (bicyclic) bond motifs is 1. The van der Waals surface area contributed by atoms with E-state index in [1.165, 1.54) is 0 Å². The maximum atomic E-state index is 12.2. The third kappa shape index (κ3) is 2.51. The summed E-state index contributed by atoms with van der Waals surface area (Å²) in [6, 6.07) is 9.41. The Morgan fingerprint density at radius 2 is 2.20 bits per heavy atom. The average molecular weight is 266 g/mol. The van der Waals surface area contributed by atoms with Gasteiger partial charge < -0.3 is 10.3 Å². The molecule has 0 aliphatic carbocycles. The highest BCUT2D eigenvalue weighted by Gasteiger charge is 2.10. The number of amides is 1. The number of nitrogens with zero attached hydrogens (tertiary/aromatic N) is 2. The molecule has 3 rings (SSSR count). The maximum Gasteiger partial charge on any atom is 0.253 e. The lowest BCUT2D eigenvalue weighted by molar-refractivity contribution is 0.0955. The molecule has 0 saturated carbocycles. The Bertz CT molecular complexity index is 721. The molecule has 2 aromatic heterocycles. The van der Waals surface area contributed by atoms with Crippen LogP contribution >= 0.6 is 0 Å². The van der Waals surface area contributed by atoms with Crippen LogP contribution in [0.1, 0.15) is 15.9 Å². The van der Waals surface area contributed by atoms with Crippen LogP contribution in [0.4, 0.5) is 0 Å². The van der Waals surface area contributed by atoms with Gasteiger partial charge in [-0.25, -0.2) is 4.98 Å². The first kappa shape index (κ1) is 12.3. The van der Waals surface area contributed by atoms with Crippen LogP contribution in [0.5, 0.6) is 0 Å². The Balaban J connectivity index is 1.66. The van der Waals surface area contributed by atoms with Crippen molar-refractivity contribution in [1.82, 2.24) is 20.3 Å². The number of hydrogen-bond acceptors (Lipinski definition) is 3. The fraction of sp³-hybridized carbons (Fsp3) is 0.133. The highest BCUT2D eigenvalue weighted by molar-refractivity contribution is 6.04. The number of pyridine rings is 1. The molecule has 0 atom stereocenters. The van der Waals surface area contributed by atoms with Gasteiger partial charge in [-0.1, -0.05) is 12.1 Å². The second-order valence-corrected chi connectivity index (χ2v) is 4.47. The van der Waals surface area contributed by atoms with Gasteiger partial charge in [-0.05, 0) is 30.2 Å². The molecule has 0 bridgehead atoms. The minimum Gasteiger partial charge on any atom is -0.352 e. The number of hydrogen-bond donors (Lipinski definition) is 2. The number of rotatable bonds is 4. The summed E-state index contributed by atoms with van der Waals surface area (Å²) in [7, 11) is 0. The topological polar surface area (TPSA) is 70.7 Å². The van der Waals surface area contributed by atoms with Crippen LogP contribution in [-0.4, -0.2) is 27.4 Å². The molecule has 5 heteroatoms. The molecule has 20 heavy (non-hydrogen) atoms. The van der Waals surface area contributed by atoms with Gasteiger partial charge in [0.05, 0.1) is 17.4 Å². The van der Waals surface area contributed by atoms with Crippen LogP contribution in [0.2, 0.25) is 0 Å². The van der Waals surface area contributed by atoms with Gasteiger partial charge in [-0.3, -0.25) is 9.78 Å². The van der Waals surface area contributed by atoms with E-state index in [0.29, 0.717) is 17.6 Å². The van der Waals surface area contributed by atoms with Crippen molar-refractivity contribution in [3.8, 4) is 0 Å². The van der Waals surface area contributed by atoms with Gasteiger partial charge in [0, 0.05) is 18.9 Å². The Hall–Kier alpha value is -2.69. The van der Waals surface area contributed by atoms with Crippen LogP contribution in [0.15, 0.2) is 49.1 Å². The molecule has 2 heterocycles. The molecule has 100 valence electrons. The van der Waals surface area contributed by atoms with Gasteiger partial charge >= 0.3 is 0 Å². The van der Waals surface area contributed by atoms with E-state index in [-0.39, 0.29) is 5.91 Å². The molecule has 3 aromatic rings. The number of H-pyrrole nitrogens is 1.